The number of benzene rings is 1. The van der Waals surface area contributed by atoms with Crippen LogP contribution in [0.4, 0.5) is 0 Å². The molecule has 0 aliphatic rings. The summed E-state index contributed by atoms with van der Waals surface area (Å²) in [5.74, 6) is -0.306. The van der Waals surface area contributed by atoms with E-state index in [0.29, 0.717) is 20.7 Å². The minimum absolute atomic E-state index is 0.151. The van der Waals surface area contributed by atoms with E-state index in [0.717, 1.165) is 21.6 Å². The Labute approximate surface area is 146 Å². The zero-order valence-corrected chi connectivity index (χ0v) is 14.4. The molecule has 0 saturated carbocycles. The molecule has 1 N–H and O–H groups in total. The van der Waals surface area contributed by atoms with Gasteiger partial charge in [-0.15, -0.1) is 11.3 Å². The van der Waals surface area contributed by atoms with Gasteiger partial charge >= 0.3 is 5.97 Å². The molecule has 0 atom stereocenters. The lowest BCUT2D eigenvalue weighted by Crippen LogP contribution is -2.17. The highest BCUT2D eigenvalue weighted by Gasteiger charge is 2.20. The number of fused-ring (bicyclic) bond motifs is 1. The van der Waals surface area contributed by atoms with Gasteiger partial charge in [0, 0.05) is 0 Å². The molecule has 128 valence electrons. The normalized spacial score (nSPS) is 11.3. The Morgan fingerprint density at radius 2 is 2.12 bits per heavy atom. The Balaban J connectivity index is 2.02. The van der Waals surface area contributed by atoms with Crippen LogP contribution in [0.1, 0.15) is 27.7 Å². The molecule has 0 fully saturated rings. The number of aryl methyl sites for hydroxylation is 1. The second kappa shape index (κ2) is 6.86. The van der Waals surface area contributed by atoms with E-state index in [-0.39, 0.29) is 17.9 Å². The Bertz CT molecular complexity index is 1020. The molecule has 0 amide bonds. The van der Waals surface area contributed by atoms with Crippen molar-refractivity contribution >= 4 is 33.7 Å². The average molecular weight is 357 g/mol. The highest BCUT2D eigenvalue weighted by molar-refractivity contribution is 7.20. The molecule has 0 radical (unpaired) electrons. The number of hydrogen-bond donors (Lipinski definition) is 1. The lowest BCUT2D eigenvalue weighted by molar-refractivity contribution is 0.0531. The lowest BCUT2D eigenvalue weighted by atomic mass is 10.2. The third-order valence-electron chi connectivity index (χ3n) is 3.52. The second-order valence-electron chi connectivity index (χ2n) is 5.19. The van der Waals surface area contributed by atoms with Crippen molar-refractivity contribution in [1.29, 1.82) is 0 Å². The molecule has 0 unspecified atom stereocenters. The number of aromatic hydroxyl groups is 1. The van der Waals surface area contributed by atoms with E-state index in [4.69, 9.17) is 4.74 Å². The van der Waals surface area contributed by atoms with Gasteiger partial charge in [-0.3, -0.25) is 4.79 Å². The number of aromatic nitrogens is 2. The third kappa shape index (κ3) is 3.29. The van der Waals surface area contributed by atoms with Gasteiger partial charge in [-0.05, 0) is 49.2 Å². The van der Waals surface area contributed by atoms with Crippen LogP contribution in [0.5, 0.6) is 5.75 Å². The van der Waals surface area contributed by atoms with Crippen molar-refractivity contribution in [3.05, 3.63) is 57.0 Å². The maximum atomic E-state index is 12.6. The Morgan fingerprint density at radius 1 is 1.40 bits per heavy atom. The molecule has 0 spiro atoms. The van der Waals surface area contributed by atoms with Gasteiger partial charge in [0.15, 0.2) is 0 Å². The zero-order chi connectivity index (χ0) is 18.0. The zero-order valence-electron chi connectivity index (χ0n) is 13.6. The number of thiophene rings is 1. The quantitative estimate of drug-likeness (QED) is 0.572. The number of hydrogen-bond acceptors (Lipinski definition) is 7. The van der Waals surface area contributed by atoms with E-state index >= 15 is 0 Å². The first kappa shape index (κ1) is 16.8. The fourth-order valence-electron chi connectivity index (χ4n) is 2.28. The SMILES string of the molecule is CCOC(=O)c1sc2ncn(/N=C\c3ccc(O)cc3)c(=O)c2c1C. The van der Waals surface area contributed by atoms with Crippen LogP contribution in [0, 0.1) is 6.92 Å². The fourth-order valence-corrected chi connectivity index (χ4v) is 3.31. The number of phenolic OH excluding ortho intramolecular Hbond substituents is 1. The molecule has 25 heavy (non-hydrogen) atoms. The first-order valence-electron chi connectivity index (χ1n) is 7.52. The molecular weight excluding hydrogens is 342 g/mol. The molecule has 0 aliphatic carbocycles. The monoisotopic (exact) mass is 357 g/mol. The van der Waals surface area contributed by atoms with Gasteiger partial charge in [-0.2, -0.15) is 9.78 Å². The molecular formula is C17H15N3O4S. The van der Waals surface area contributed by atoms with Crippen molar-refractivity contribution in [2.75, 3.05) is 6.61 Å². The molecule has 1 aromatic carbocycles. The van der Waals surface area contributed by atoms with Crippen molar-refractivity contribution in [3.8, 4) is 5.75 Å². The number of ether oxygens (including phenoxy) is 1. The summed E-state index contributed by atoms with van der Waals surface area (Å²) in [6, 6.07) is 6.40. The summed E-state index contributed by atoms with van der Waals surface area (Å²) in [5.41, 5.74) is 0.911. The summed E-state index contributed by atoms with van der Waals surface area (Å²) in [4.78, 5) is 29.7. The van der Waals surface area contributed by atoms with Gasteiger partial charge in [0.25, 0.3) is 5.56 Å². The summed E-state index contributed by atoms with van der Waals surface area (Å²) < 4.78 is 6.12. The van der Waals surface area contributed by atoms with Crippen LogP contribution in [0.3, 0.4) is 0 Å². The number of nitrogens with zero attached hydrogens (tertiary/aromatic N) is 3. The number of rotatable bonds is 4. The Morgan fingerprint density at radius 3 is 2.80 bits per heavy atom. The highest BCUT2D eigenvalue weighted by atomic mass is 32.1. The summed E-state index contributed by atoms with van der Waals surface area (Å²) >= 11 is 1.13. The first-order valence-corrected chi connectivity index (χ1v) is 8.34. The molecule has 0 bridgehead atoms. The molecule has 7 nitrogen and oxygen atoms in total. The second-order valence-corrected chi connectivity index (χ2v) is 6.19. The first-order chi connectivity index (χ1) is 12.0. The van der Waals surface area contributed by atoms with Crippen molar-refractivity contribution in [2.24, 2.45) is 5.10 Å². The van der Waals surface area contributed by atoms with E-state index < -0.39 is 5.97 Å². The predicted molar refractivity (Wildman–Crippen MR) is 95.7 cm³/mol. The molecule has 2 aromatic heterocycles. The van der Waals surface area contributed by atoms with E-state index in [1.807, 2.05) is 0 Å². The number of phenols is 1. The van der Waals surface area contributed by atoms with Crippen molar-refractivity contribution in [3.63, 3.8) is 0 Å². The standard InChI is InChI=1S/C17H15N3O4S/c1-3-24-17(23)14-10(2)13-15(25-14)18-9-20(16(13)22)19-8-11-4-6-12(21)7-5-11/h4-9,21H,3H2,1-2H3/b19-8-. The van der Waals surface area contributed by atoms with Crippen molar-refractivity contribution < 1.29 is 14.6 Å². The number of carbonyl (C=O) groups is 1. The molecule has 8 heteroatoms. The summed E-state index contributed by atoms with van der Waals surface area (Å²) in [5, 5.41) is 13.7. The molecule has 0 aliphatic heterocycles. The lowest BCUT2D eigenvalue weighted by Gasteiger charge is -2.00. The van der Waals surface area contributed by atoms with Gasteiger partial charge in [0.05, 0.1) is 18.2 Å². The minimum atomic E-state index is -0.457. The number of carbonyl (C=O) groups excluding carboxylic acids is 1. The highest BCUT2D eigenvalue weighted by Crippen LogP contribution is 2.27. The van der Waals surface area contributed by atoms with Crippen molar-refractivity contribution in [1.82, 2.24) is 9.66 Å². The molecule has 3 aromatic rings. The van der Waals surface area contributed by atoms with Crippen LogP contribution in [0.2, 0.25) is 0 Å². The number of esters is 1. The Kier molecular flexibility index (Phi) is 4.62. The van der Waals surface area contributed by atoms with Gasteiger partial charge in [0.1, 0.15) is 21.8 Å². The summed E-state index contributed by atoms with van der Waals surface area (Å²) in [6.45, 7) is 3.69. The van der Waals surface area contributed by atoms with Crippen LogP contribution in [-0.4, -0.2) is 33.6 Å². The van der Waals surface area contributed by atoms with E-state index in [1.54, 1.807) is 26.0 Å². The van der Waals surface area contributed by atoms with Gasteiger partial charge in [-0.1, -0.05) is 0 Å². The maximum absolute atomic E-state index is 12.6. The van der Waals surface area contributed by atoms with Crippen LogP contribution in [-0.2, 0) is 4.74 Å². The topological polar surface area (TPSA) is 93.8 Å². The molecule has 2 heterocycles. The van der Waals surface area contributed by atoms with Crippen LogP contribution < -0.4 is 5.56 Å². The van der Waals surface area contributed by atoms with E-state index in [1.165, 1.54) is 24.7 Å². The fraction of sp³-hybridized carbons (Fsp3) is 0.176. The molecule has 3 rings (SSSR count). The maximum Gasteiger partial charge on any atom is 0.348 e. The smallest absolute Gasteiger partial charge is 0.348 e. The van der Waals surface area contributed by atoms with Crippen LogP contribution in [0.15, 0.2) is 40.5 Å². The van der Waals surface area contributed by atoms with Gasteiger partial charge in [-0.25, -0.2) is 9.78 Å². The summed E-state index contributed by atoms with van der Waals surface area (Å²) in [6.07, 6.45) is 2.80. The van der Waals surface area contributed by atoms with Crippen LogP contribution >= 0.6 is 11.3 Å². The minimum Gasteiger partial charge on any atom is -0.508 e. The van der Waals surface area contributed by atoms with Crippen LogP contribution in [0.25, 0.3) is 10.2 Å². The molecule has 0 saturated heterocycles. The van der Waals surface area contributed by atoms with Gasteiger partial charge < -0.3 is 9.84 Å². The predicted octanol–water partition coefficient (Wildman–Crippen LogP) is 2.53. The summed E-state index contributed by atoms with van der Waals surface area (Å²) in [7, 11) is 0. The third-order valence-corrected chi connectivity index (χ3v) is 4.70. The van der Waals surface area contributed by atoms with Gasteiger partial charge in [0.2, 0.25) is 0 Å². The average Bonchev–Trinajstić information content (AvgIpc) is 2.94. The Hall–Kier alpha value is -3.00. The van der Waals surface area contributed by atoms with Crippen molar-refractivity contribution in [2.45, 2.75) is 13.8 Å². The largest absolute Gasteiger partial charge is 0.508 e. The van der Waals surface area contributed by atoms with E-state index in [2.05, 4.69) is 10.1 Å². The van der Waals surface area contributed by atoms with E-state index in [9.17, 15) is 14.7 Å².